The van der Waals surface area contributed by atoms with Gasteiger partial charge in [0.05, 0.1) is 36.2 Å². The summed E-state index contributed by atoms with van der Waals surface area (Å²) in [7, 11) is 1.55. The number of anilines is 1. The highest BCUT2D eigenvalue weighted by Gasteiger charge is 2.38. The van der Waals surface area contributed by atoms with Crippen molar-refractivity contribution in [3.63, 3.8) is 0 Å². The number of esters is 1. The van der Waals surface area contributed by atoms with E-state index in [4.69, 9.17) is 9.47 Å². The molecule has 196 valence electrons. The van der Waals surface area contributed by atoms with Crippen LogP contribution in [-0.2, 0) is 14.3 Å². The van der Waals surface area contributed by atoms with Crippen LogP contribution in [0, 0.1) is 0 Å². The minimum absolute atomic E-state index is 0.182. The van der Waals surface area contributed by atoms with E-state index in [9.17, 15) is 14.4 Å². The number of para-hydroxylation sites is 2. The smallest absolute Gasteiger partial charge is 0.338 e. The van der Waals surface area contributed by atoms with Crippen LogP contribution in [0.25, 0.3) is 5.57 Å². The van der Waals surface area contributed by atoms with E-state index in [1.54, 1.807) is 31.9 Å². The van der Waals surface area contributed by atoms with Crippen molar-refractivity contribution in [1.82, 2.24) is 4.57 Å². The molecule has 3 heterocycles. The maximum absolute atomic E-state index is 14.2. The summed E-state index contributed by atoms with van der Waals surface area (Å²) in [6.07, 6.45) is 1.79. The Balaban J connectivity index is 1.81. The van der Waals surface area contributed by atoms with Crippen molar-refractivity contribution in [1.29, 1.82) is 0 Å². The van der Waals surface area contributed by atoms with Gasteiger partial charge in [-0.25, -0.2) is 9.79 Å². The number of thiazole rings is 1. The number of ether oxygens (including phenoxy) is 2. The zero-order valence-corrected chi connectivity index (χ0v) is 22.6. The highest BCUT2D eigenvalue weighted by atomic mass is 32.1. The van der Waals surface area contributed by atoms with Gasteiger partial charge in [-0.3, -0.25) is 14.2 Å². The first-order chi connectivity index (χ1) is 18.4. The molecule has 0 spiro atoms. The highest BCUT2D eigenvalue weighted by Crippen LogP contribution is 2.37. The molecule has 9 heteroatoms. The van der Waals surface area contributed by atoms with Gasteiger partial charge in [0.1, 0.15) is 16.3 Å². The summed E-state index contributed by atoms with van der Waals surface area (Å²) in [6.45, 7) is 6.30. The van der Waals surface area contributed by atoms with Crippen LogP contribution in [0.1, 0.15) is 50.8 Å². The van der Waals surface area contributed by atoms with Crippen molar-refractivity contribution in [3.8, 4) is 5.75 Å². The molecule has 0 fully saturated rings. The third kappa shape index (κ3) is 4.07. The van der Waals surface area contributed by atoms with Gasteiger partial charge in [0.25, 0.3) is 11.5 Å². The number of carbonyl (C=O) groups excluding carboxylic acids is 2. The Morgan fingerprint density at radius 3 is 2.55 bits per heavy atom. The molecule has 1 aromatic heterocycles. The quantitative estimate of drug-likeness (QED) is 0.437. The normalized spacial score (nSPS) is 17.7. The number of methoxy groups -OCH3 is 1. The Labute approximate surface area is 224 Å². The van der Waals surface area contributed by atoms with Crippen molar-refractivity contribution in [2.24, 2.45) is 4.99 Å². The second-order valence-corrected chi connectivity index (χ2v) is 10.0. The Bertz CT molecular complexity index is 1650. The number of unbranched alkanes of at least 4 members (excludes halogenated alkanes) is 1. The van der Waals surface area contributed by atoms with Crippen molar-refractivity contribution >= 4 is 34.5 Å². The summed E-state index contributed by atoms with van der Waals surface area (Å²) in [5.41, 5.74) is 2.88. The van der Waals surface area contributed by atoms with Crippen LogP contribution in [0.5, 0.6) is 5.75 Å². The van der Waals surface area contributed by atoms with E-state index in [0.29, 0.717) is 38.5 Å². The van der Waals surface area contributed by atoms with Crippen molar-refractivity contribution in [2.75, 3.05) is 25.2 Å². The number of carbonyl (C=O) groups is 2. The number of fused-ring (bicyclic) bond motifs is 2. The van der Waals surface area contributed by atoms with E-state index < -0.39 is 12.0 Å². The average molecular weight is 532 g/mol. The van der Waals surface area contributed by atoms with Gasteiger partial charge in [0.2, 0.25) is 0 Å². The SMILES string of the molecule is CCCCN1C(=O)/C(=c2\sc3n(c2=O)C(c2ccccc2OC)C(C(=O)OCC)=C(C)N=3)c2ccccc21. The van der Waals surface area contributed by atoms with Crippen molar-refractivity contribution in [3.05, 3.63) is 90.6 Å². The van der Waals surface area contributed by atoms with Gasteiger partial charge in [0, 0.05) is 17.7 Å². The Morgan fingerprint density at radius 1 is 1.08 bits per heavy atom. The maximum atomic E-state index is 14.2. The topological polar surface area (TPSA) is 90.2 Å². The molecule has 5 rings (SSSR count). The first kappa shape index (κ1) is 25.7. The third-order valence-corrected chi connectivity index (χ3v) is 7.87. The molecule has 0 saturated heterocycles. The lowest BCUT2D eigenvalue weighted by molar-refractivity contribution is -0.139. The first-order valence-electron chi connectivity index (χ1n) is 12.7. The fourth-order valence-electron chi connectivity index (χ4n) is 5.07. The Kier molecular flexibility index (Phi) is 7.03. The number of nitrogens with zero attached hydrogens (tertiary/aromatic N) is 3. The molecule has 3 aromatic rings. The van der Waals surface area contributed by atoms with Crippen LogP contribution in [0.3, 0.4) is 0 Å². The van der Waals surface area contributed by atoms with Crippen LogP contribution in [0.2, 0.25) is 0 Å². The van der Waals surface area contributed by atoms with E-state index in [1.807, 2.05) is 42.5 Å². The largest absolute Gasteiger partial charge is 0.496 e. The van der Waals surface area contributed by atoms with E-state index in [2.05, 4.69) is 11.9 Å². The molecule has 0 aliphatic carbocycles. The van der Waals surface area contributed by atoms with E-state index >= 15 is 0 Å². The molecule has 8 nitrogen and oxygen atoms in total. The lowest BCUT2D eigenvalue weighted by Crippen LogP contribution is -2.41. The molecule has 2 aliphatic heterocycles. The Morgan fingerprint density at radius 2 is 1.82 bits per heavy atom. The number of benzene rings is 2. The van der Waals surface area contributed by atoms with Crippen LogP contribution >= 0.6 is 11.3 Å². The zero-order chi connectivity index (χ0) is 27.0. The van der Waals surface area contributed by atoms with Crippen molar-refractivity contribution in [2.45, 2.75) is 39.7 Å². The molecule has 0 saturated carbocycles. The van der Waals surface area contributed by atoms with Gasteiger partial charge in [-0.05, 0) is 32.4 Å². The van der Waals surface area contributed by atoms with Crippen molar-refractivity contribution < 1.29 is 19.1 Å². The molecule has 1 unspecified atom stereocenters. The standard InChI is InChI=1S/C29H29N3O5S/c1-5-7-16-31-20-14-10-8-12-18(20)23(26(31)33)25-27(34)32-24(19-13-9-11-15-21(19)36-4)22(28(35)37-6-2)17(3)30-29(32)38-25/h8-15,24H,5-7,16H2,1-4H3/b25-23-. The van der Waals surface area contributed by atoms with Crippen LogP contribution < -0.4 is 24.5 Å². The summed E-state index contributed by atoms with van der Waals surface area (Å²) in [6, 6.07) is 14.0. The summed E-state index contributed by atoms with van der Waals surface area (Å²) < 4.78 is 12.8. The van der Waals surface area contributed by atoms with Crippen LogP contribution in [0.4, 0.5) is 5.69 Å². The predicted octanol–water partition coefficient (Wildman–Crippen LogP) is 3.32. The van der Waals surface area contributed by atoms with E-state index in [1.165, 1.54) is 15.9 Å². The van der Waals surface area contributed by atoms with Gasteiger partial charge in [-0.1, -0.05) is 61.1 Å². The number of rotatable bonds is 7. The fraction of sp³-hybridized carbons (Fsp3) is 0.310. The summed E-state index contributed by atoms with van der Waals surface area (Å²) in [5.74, 6) is -0.212. The van der Waals surface area contributed by atoms with Gasteiger partial charge >= 0.3 is 5.97 Å². The van der Waals surface area contributed by atoms with Crippen LogP contribution in [0.15, 0.2) is 69.6 Å². The van der Waals surface area contributed by atoms with Gasteiger partial charge in [-0.15, -0.1) is 0 Å². The lowest BCUT2D eigenvalue weighted by atomic mass is 9.95. The second kappa shape index (κ2) is 10.4. The monoisotopic (exact) mass is 531 g/mol. The molecular formula is C29H29N3O5S. The lowest BCUT2D eigenvalue weighted by Gasteiger charge is -2.25. The summed E-state index contributed by atoms with van der Waals surface area (Å²) in [4.78, 5) is 47.9. The number of allylic oxidation sites excluding steroid dienone is 1. The van der Waals surface area contributed by atoms with Gasteiger partial charge in [-0.2, -0.15) is 0 Å². The highest BCUT2D eigenvalue weighted by molar-refractivity contribution is 7.07. The first-order valence-corrected chi connectivity index (χ1v) is 13.5. The number of amides is 1. The van der Waals surface area contributed by atoms with E-state index in [-0.39, 0.29) is 23.6 Å². The zero-order valence-electron chi connectivity index (χ0n) is 21.8. The number of hydrogen-bond donors (Lipinski definition) is 0. The second-order valence-electron chi connectivity index (χ2n) is 9.07. The predicted molar refractivity (Wildman–Crippen MR) is 146 cm³/mol. The number of aromatic nitrogens is 1. The summed E-state index contributed by atoms with van der Waals surface area (Å²) in [5, 5.41) is 0. The fourth-order valence-corrected chi connectivity index (χ4v) is 6.20. The van der Waals surface area contributed by atoms with Gasteiger partial charge in [0.15, 0.2) is 4.80 Å². The molecule has 0 N–H and O–H groups in total. The molecular weight excluding hydrogens is 502 g/mol. The van der Waals surface area contributed by atoms with E-state index in [0.717, 1.165) is 24.1 Å². The molecule has 0 bridgehead atoms. The average Bonchev–Trinajstić information content (AvgIpc) is 3.38. The minimum Gasteiger partial charge on any atom is -0.496 e. The molecule has 1 atom stereocenters. The number of hydrogen-bond acceptors (Lipinski definition) is 7. The molecule has 2 aromatic carbocycles. The minimum atomic E-state index is -0.821. The molecule has 1 amide bonds. The molecule has 0 radical (unpaired) electrons. The van der Waals surface area contributed by atoms with Crippen LogP contribution in [-0.4, -0.2) is 36.7 Å². The maximum Gasteiger partial charge on any atom is 0.338 e. The third-order valence-electron chi connectivity index (χ3n) is 6.81. The van der Waals surface area contributed by atoms with Gasteiger partial charge < -0.3 is 14.4 Å². The Hall–Kier alpha value is -3.98. The molecule has 2 aliphatic rings. The molecule has 38 heavy (non-hydrogen) atoms. The summed E-state index contributed by atoms with van der Waals surface area (Å²) >= 11 is 1.17.